The number of rotatable bonds is 8. The molecule has 0 heterocycles. The number of amides is 1. The van der Waals surface area contributed by atoms with Gasteiger partial charge in [0, 0.05) is 24.1 Å². The van der Waals surface area contributed by atoms with Gasteiger partial charge in [-0.1, -0.05) is 12.1 Å². The van der Waals surface area contributed by atoms with Crippen LogP contribution in [0.1, 0.15) is 22.3 Å². The maximum absolute atomic E-state index is 12.8. The molecule has 2 aromatic carbocycles. The lowest BCUT2D eigenvalue weighted by Gasteiger charge is -2.07. The van der Waals surface area contributed by atoms with Crippen LogP contribution in [0.15, 0.2) is 53.4 Å². The molecule has 0 aliphatic heterocycles. The molecule has 0 atom stereocenters. The third-order valence-corrected chi connectivity index (χ3v) is 4.29. The third-order valence-electron chi connectivity index (χ3n) is 3.19. The number of carbonyl (C=O) groups excluding carboxylic acids is 1. The van der Waals surface area contributed by atoms with Gasteiger partial charge in [0.15, 0.2) is 0 Å². The Bertz CT molecular complexity index is 631. The van der Waals surface area contributed by atoms with E-state index in [1.165, 1.54) is 12.1 Å². The van der Waals surface area contributed by atoms with Gasteiger partial charge in [-0.3, -0.25) is 4.79 Å². The Morgan fingerprint density at radius 2 is 2.00 bits per heavy atom. The van der Waals surface area contributed by atoms with E-state index in [4.69, 9.17) is 4.74 Å². The highest BCUT2D eigenvalue weighted by Crippen LogP contribution is 2.18. The van der Waals surface area contributed by atoms with Gasteiger partial charge in [0.2, 0.25) is 0 Å². The summed E-state index contributed by atoms with van der Waals surface area (Å²) in [5.41, 5.74) is 1.62. The number of ether oxygens (including phenoxy) is 1. The van der Waals surface area contributed by atoms with E-state index in [1.54, 1.807) is 37.1 Å². The van der Waals surface area contributed by atoms with E-state index in [1.807, 2.05) is 18.2 Å². The first-order valence-electron chi connectivity index (χ1n) is 7.43. The van der Waals surface area contributed by atoms with E-state index in [0.29, 0.717) is 18.7 Å². The molecule has 0 unspecified atom stereocenters. The number of benzene rings is 2. The van der Waals surface area contributed by atoms with E-state index >= 15 is 0 Å². The fourth-order valence-electron chi connectivity index (χ4n) is 2.07. The van der Waals surface area contributed by atoms with E-state index in [0.717, 1.165) is 22.6 Å². The highest BCUT2D eigenvalue weighted by molar-refractivity contribution is 7.99. The molecule has 2 rings (SSSR count). The van der Waals surface area contributed by atoms with Crippen LogP contribution in [-0.2, 0) is 11.3 Å². The molecular weight excluding hydrogens is 313 g/mol. The van der Waals surface area contributed by atoms with Gasteiger partial charge in [0.1, 0.15) is 5.82 Å². The Kier molecular flexibility index (Phi) is 7.10. The smallest absolute Gasteiger partial charge is 0.251 e. The van der Waals surface area contributed by atoms with Crippen molar-refractivity contribution in [3.8, 4) is 0 Å². The summed E-state index contributed by atoms with van der Waals surface area (Å²) in [5, 5.41) is 2.91. The average molecular weight is 333 g/mol. The van der Waals surface area contributed by atoms with E-state index in [2.05, 4.69) is 5.32 Å². The van der Waals surface area contributed by atoms with Crippen molar-refractivity contribution in [1.82, 2.24) is 5.32 Å². The number of nitrogens with one attached hydrogen (secondary N) is 1. The van der Waals surface area contributed by atoms with Crippen LogP contribution < -0.4 is 5.32 Å². The number of hydrogen-bond donors (Lipinski definition) is 1. The van der Waals surface area contributed by atoms with Gasteiger partial charge in [-0.25, -0.2) is 4.39 Å². The largest absolute Gasteiger partial charge is 0.380 e. The number of halogens is 1. The van der Waals surface area contributed by atoms with Crippen LogP contribution in [-0.4, -0.2) is 25.3 Å². The standard InChI is InChI=1S/C18H20FNO2S/c1-22-13-14-4-2-5-15(12-14)18(21)20-10-3-11-23-17-8-6-16(19)7-9-17/h2,4-9,12H,3,10-11,13H2,1H3,(H,20,21). The van der Waals surface area contributed by atoms with Crippen LogP contribution >= 0.6 is 11.8 Å². The Balaban J connectivity index is 1.70. The molecule has 122 valence electrons. The zero-order valence-corrected chi connectivity index (χ0v) is 13.9. The quantitative estimate of drug-likeness (QED) is 0.588. The van der Waals surface area contributed by atoms with Crippen molar-refractivity contribution in [2.45, 2.75) is 17.9 Å². The second-order valence-corrected chi connectivity index (χ2v) is 6.21. The molecule has 0 fully saturated rings. The molecule has 5 heteroatoms. The maximum Gasteiger partial charge on any atom is 0.251 e. The van der Waals surface area contributed by atoms with Crippen molar-refractivity contribution < 1.29 is 13.9 Å². The van der Waals surface area contributed by atoms with Gasteiger partial charge in [-0.2, -0.15) is 0 Å². The Morgan fingerprint density at radius 1 is 1.22 bits per heavy atom. The summed E-state index contributed by atoms with van der Waals surface area (Å²) in [7, 11) is 1.63. The van der Waals surface area contributed by atoms with Crippen LogP contribution in [0.4, 0.5) is 4.39 Å². The van der Waals surface area contributed by atoms with Crippen molar-refractivity contribution in [3.63, 3.8) is 0 Å². The molecule has 0 bridgehead atoms. The highest BCUT2D eigenvalue weighted by atomic mass is 32.2. The normalized spacial score (nSPS) is 10.5. The summed E-state index contributed by atoms with van der Waals surface area (Å²) < 4.78 is 17.9. The maximum atomic E-state index is 12.8. The summed E-state index contributed by atoms with van der Waals surface area (Å²) in [4.78, 5) is 13.1. The first kappa shape index (κ1) is 17.5. The zero-order chi connectivity index (χ0) is 16.5. The molecule has 0 aliphatic rings. The second-order valence-electron chi connectivity index (χ2n) is 5.05. The number of thioether (sulfide) groups is 1. The molecule has 0 radical (unpaired) electrons. The van der Waals surface area contributed by atoms with Crippen molar-refractivity contribution in [3.05, 3.63) is 65.5 Å². The van der Waals surface area contributed by atoms with Crippen molar-refractivity contribution in [2.24, 2.45) is 0 Å². The van der Waals surface area contributed by atoms with Gasteiger partial charge in [0.25, 0.3) is 5.91 Å². The molecular formula is C18H20FNO2S. The number of hydrogen-bond acceptors (Lipinski definition) is 3. The van der Waals surface area contributed by atoms with Gasteiger partial charge in [-0.05, 0) is 54.1 Å². The Labute approximate surface area is 140 Å². The van der Waals surface area contributed by atoms with Crippen molar-refractivity contribution in [2.75, 3.05) is 19.4 Å². The fraction of sp³-hybridized carbons (Fsp3) is 0.278. The Morgan fingerprint density at radius 3 is 2.74 bits per heavy atom. The zero-order valence-electron chi connectivity index (χ0n) is 13.0. The first-order valence-corrected chi connectivity index (χ1v) is 8.42. The van der Waals surface area contributed by atoms with Gasteiger partial charge >= 0.3 is 0 Å². The molecule has 2 aromatic rings. The topological polar surface area (TPSA) is 38.3 Å². The SMILES string of the molecule is COCc1cccc(C(=O)NCCCSc2ccc(F)cc2)c1. The lowest BCUT2D eigenvalue weighted by molar-refractivity contribution is 0.0953. The third kappa shape index (κ3) is 6.04. The highest BCUT2D eigenvalue weighted by Gasteiger charge is 2.05. The van der Waals surface area contributed by atoms with Crippen molar-refractivity contribution in [1.29, 1.82) is 0 Å². The minimum Gasteiger partial charge on any atom is -0.380 e. The number of carbonyl (C=O) groups is 1. The van der Waals surface area contributed by atoms with Crippen molar-refractivity contribution >= 4 is 17.7 Å². The minimum absolute atomic E-state index is 0.0743. The molecule has 0 aromatic heterocycles. The van der Waals surface area contributed by atoms with Gasteiger partial charge < -0.3 is 10.1 Å². The lowest BCUT2D eigenvalue weighted by Crippen LogP contribution is -2.24. The van der Waals surface area contributed by atoms with Crippen LogP contribution in [0, 0.1) is 5.82 Å². The molecule has 0 saturated heterocycles. The summed E-state index contributed by atoms with van der Waals surface area (Å²) in [5.74, 6) is 0.572. The Hall–Kier alpha value is -1.85. The van der Waals surface area contributed by atoms with E-state index < -0.39 is 0 Å². The molecule has 3 nitrogen and oxygen atoms in total. The molecule has 0 spiro atoms. The molecule has 1 N–H and O–H groups in total. The van der Waals surface area contributed by atoms with E-state index in [9.17, 15) is 9.18 Å². The average Bonchev–Trinajstić information content (AvgIpc) is 2.56. The predicted molar refractivity (Wildman–Crippen MR) is 91.2 cm³/mol. The molecule has 0 aliphatic carbocycles. The second kappa shape index (κ2) is 9.33. The minimum atomic E-state index is -0.225. The van der Waals surface area contributed by atoms with Gasteiger partial charge in [0.05, 0.1) is 6.61 Å². The molecule has 23 heavy (non-hydrogen) atoms. The van der Waals surface area contributed by atoms with Crippen LogP contribution in [0.2, 0.25) is 0 Å². The van der Waals surface area contributed by atoms with Gasteiger partial charge in [-0.15, -0.1) is 11.8 Å². The first-order chi connectivity index (χ1) is 11.2. The van der Waals surface area contributed by atoms with E-state index in [-0.39, 0.29) is 11.7 Å². The fourth-order valence-corrected chi connectivity index (χ4v) is 2.92. The monoisotopic (exact) mass is 333 g/mol. The molecule has 1 amide bonds. The summed E-state index contributed by atoms with van der Waals surface area (Å²) in [6, 6.07) is 13.9. The van der Waals surface area contributed by atoms with Crippen LogP contribution in [0.3, 0.4) is 0 Å². The van der Waals surface area contributed by atoms with Crippen LogP contribution in [0.5, 0.6) is 0 Å². The summed E-state index contributed by atoms with van der Waals surface area (Å²) in [6.45, 7) is 1.11. The number of methoxy groups -OCH3 is 1. The summed E-state index contributed by atoms with van der Waals surface area (Å²) in [6.07, 6.45) is 0.853. The van der Waals surface area contributed by atoms with Crippen LogP contribution in [0.25, 0.3) is 0 Å². The lowest BCUT2D eigenvalue weighted by atomic mass is 10.1. The molecule has 0 saturated carbocycles. The predicted octanol–water partition coefficient (Wildman–Crippen LogP) is 3.88. The summed E-state index contributed by atoms with van der Waals surface area (Å²) >= 11 is 1.65.